The van der Waals surface area contributed by atoms with Crippen LogP contribution in [0.5, 0.6) is 11.5 Å². The zero-order valence-electron chi connectivity index (χ0n) is 19.0. The van der Waals surface area contributed by atoms with Crippen molar-refractivity contribution in [2.75, 3.05) is 13.7 Å². The summed E-state index contributed by atoms with van der Waals surface area (Å²) in [6.45, 7) is 4.78. The molecule has 180 valence electrons. The molecule has 2 aromatic rings. The quantitative estimate of drug-likeness (QED) is 0.329. The van der Waals surface area contributed by atoms with Gasteiger partial charge in [0.2, 0.25) is 0 Å². The highest BCUT2D eigenvalue weighted by molar-refractivity contribution is 9.10. The van der Waals surface area contributed by atoms with Crippen LogP contribution in [-0.2, 0) is 20.9 Å². The van der Waals surface area contributed by atoms with Crippen molar-refractivity contribution in [1.82, 2.24) is 4.90 Å². The molecular formula is C24H23BrFNO6S. The molecule has 2 aromatic carbocycles. The van der Waals surface area contributed by atoms with Gasteiger partial charge in [-0.3, -0.25) is 19.3 Å². The lowest BCUT2D eigenvalue weighted by Gasteiger charge is -2.21. The Bertz CT molecular complexity index is 1160. The van der Waals surface area contributed by atoms with Gasteiger partial charge in [0, 0.05) is 4.47 Å². The fraction of sp³-hybridized carbons (Fsp3) is 0.292. The third kappa shape index (κ3) is 6.60. The van der Waals surface area contributed by atoms with Crippen molar-refractivity contribution in [2.45, 2.75) is 33.0 Å². The van der Waals surface area contributed by atoms with Gasteiger partial charge in [-0.15, -0.1) is 0 Å². The lowest BCUT2D eigenvalue weighted by Crippen LogP contribution is -2.37. The summed E-state index contributed by atoms with van der Waals surface area (Å²) in [7, 11) is 1.47. The first kappa shape index (κ1) is 25.8. The number of ether oxygens (including phenoxy) is 3. The molecule has 0 aromatic heterocycles. The zero-order valence-corrected chi connectivity index (χ0v) is 21.4. The summed E-state index contributed by atoms with van der Waals surface area (Å²) in [6, 6.07) is 9.38. The van der Waals surface area contributed by atoms with Crippen molar-refractivity contribution < 1.29 is 33.0 Å². The number of benzene rings is 2. The summed E-state index contributed by atoms with van der Waals surface area (Å²) in [5.74, 6) is -0.810. The highest BCUT2D eigenvalue weighted by Gasteiger charge is 2.37. The Balaban J connectivity index is 1.77. The van der Waals surface area contributed by atoms with Gasteiger partial charge in [0.05, 0.1) is 12.0 Å². The highest BCUT2D eigenvalue weighted by atomic mass is 79.9. The Morgan fingerprint density at radius 1 is 1.18 bits per heavy atom. The normalized spacial score (nSPS) is 15.1. The molecular weight excluding hydrogens is 529 g/mol. The molecule has 1 aliphatic rings. The number of amides is 2. The zero-order chi connectivity index (χ0) is 25.0. The molecule has 1 saturated heterocycles. The Morgan fingerprint density at radius 3 is 2.56 bits per heavy atom. The van der Waals surface area contributed by atoms with Gasteiger partial charge in [-0.05, 0) is 74.0 Å². The fourth-order valence-electron chi connectivity index (χ4n) is 3.00. The molecule has 0 atom stereocenters. The highest BCUT2D eigenvalue weighted by Crippen LogP contribution is 2.38. The van der Waals surface area contributed by atoms with Crippen molar-refractivity contribution in [2.24, 2.45) is 0 Å². The summed E-state index contributed by atoms with van der Waals surface area (Å²) < 4.78 is 30.4. The molecule has 0 spiro atoms. The number of thioether (sulfide) groups is 1. The van der Waals surface area contributed by atoms with Gasteiger partial charge in [-0.2, -0.15) is 0 Å². The predicted octanol–water partition coefficient (Wildman–Crippen LogP) is 5.55. The van der Waals surface area contributed by atoms with Gasteiger partial charge < -0.3 is 14.2 Å². The van der Waals surface area contributed by atoms with Crippen LogP contribution in [0.2, 0.25) is 0 Å². The Labute approximate surface area is 209 Å². The van der Waals surface area contributed by atoms with Gasteiger partial charge in [0.1, 0.15) is 24.6 Å². The molecule has 1 heterocycles. The Morgan fingerprint density at radius 2 is 1.91 bits per heavy atom. The standard InChI is InChI=1S/C24H23BrFNO6S/c1-24(2,3)33-21(28)12-27-22(29)20(34-23(27)30)10-15-9-18(31-4)19(11-17(15)25)32-13-14-6-5-7-16(26)8-14/h5-11H,12-13H2,1-4H3. The van der Waals surface area contributed by atoms with E-state index in [-0.39, 0.29) is 17.3 Å². The number of esters is 1. The first-order chi connectivity index (χ1) is 16.0. The number of methoxy groups -OCH3 is 1. The number of hydrogen-bond donors (Lipinski definition) is 0. The van der Waals surface area contributed by atoms with Crippen molar-refractivity contribution >= 4 is 50.9 Å². The van der Waals surface area contributed by atoms with E-state index in [2.05, 4.69) is 15.9 Å². The number of hydrogen-bond acceptors (Lipinski definition) is 7. The number of carbonyl (C=O) groups is 3. The average Bonchev–Trinajstić information content (AvgIpc) is 2.99. The van der Waals surface area contributed by atoms with Crippen LogP contribution in [0.25, 0.3) is 6.08 Å². The Kier molecular flexibility index (Phi) is 8.04. The lowest BCUT2D eigenvalue weighted by molar-refractivity contribution is -0.156. The summed E-state index contributed by atoms with van der Waals surface area (Å²) in [4.78, 5) is 38.2. The largest absolute Gasteiger partial charge is 0.493 e. The molecule has 7 nitrogen and oxygen atoms in total. The van der Waals surface area contributed by atoms with E-state index >= 15 is 0 Å². The maximum Gasteiger partial charge on any atom is 0.326 e. The minimum Gasteiger partial charge on any atom is -0.493 e. The van der Waals surface area contributed by atoms with E-state index < -0.39 is 29.3 Å². The van der Waals surface area contributed by atoms with Crippen molar-refractivity contribution in [1.29, 1.82) is 0 Å². The van der Waals surface area contributed by atoms with Gasteiger partial charge in [0.25, 0.3) is 11.1 Å². The number of imide groups is 1. The van der Waals surface area contributed by atoms with E-state index in [0.717, 1.165) is 16.7 Å². The van der Waals surface area contributed by atoms with E-state index in [0.29, 0.717) is 27.1 Å². The molecule has 3 rings (SSSR count). The second-order valence-corrected chi connectivity index (χ2v) is 10.1. The lowest BCUT2D eigenvalue weighted by atomic mass is 10.1. The first-order valence-corrected chi connectivity index (χ1v) is 11.8. The number of nitrogens with zero attached hydrogens (tertiary/aromatic N) is 1. The van der Waals surface area contributed by atoms with Crippen molar-refractivity contribution in [3.05, 3.63) is 62.7 Å². The summed E-state index contributed by atoms with van der Waals surface area (Å²) >= 11 is 4.18. The smallest absolute Gasteiger partial charge is 0.326 e. The molecule has 0 bridgehead atoms. The van der Waals surface area contributed by atoms with Gasteiger partial charge in [0.15, 0.2) is 11.5 Å². The number of carbonyl (C=O) groups excluding carboxylic acids is 3. The second kappa shape index (κ2) is 10.6. The van der Waals surface area contributed by atoms with Crippen LogP contribution in [0.1, 0.15) is 31.9 Å². The number of halogens is 2. The van der Waals surface area contributed by atoms with Crippen LogP contribution in [0, 0.1) is 5.82 Å². The molecule has 10 heteroatoms. The maximum absolute atomic E-state index is 13.4. The minimum absolute atomic E-state index is 0.128. The second-order valence-electron chi connectivity index (χ2n) is 8.30. The molecule has 2 amide bonds. The fourth-order valence-corrected chi connectivity index (χ4v) is 4.27. The monoisotopic (exact) mass is 551 g/mol. The van der Waals surface area contributed by atoms with Gasteiger partial charge in [-0.25, -0.2) is 4.39 Å². The third-order valence-electron chi connectivity index (χ3n) is 4.43. The first-order valence-electron chi connectivity index (χ1n) is 10.2. The van der Waals surface area contributed by atoms with Gasteiger partial charge >= 0.3 is 5.97 Å². The summed E-state index contributed by atoms with van der Waals surface area (Å²) in [5.41, 5.74) is 0.493. The van der Waals surface area contributed by atoms with Crippen LogP contribution in [0.4, 0.5) is 9.18 Å². The van der Waals surface area contributed by atoms with Crippen LogP contribution < -0.4 is 9.47 Å². The molecule has 1 aliphatic heterocycles. The summed E-state index contributed by atoms with van der Waals surface area (Å²) in [5, 5.41) is -0.555. The van der Waals surface area contributed by atoms with Crippen molar-refractivity contribution in [3.8, 4) is 11.5 Å². The third-order valence-corrected chi connectivity index (χ3v) is 6.03. The number of rotatable bonds is 7. The van der Waals surface area contributed by atoms with E-state index in [1.54, 1.807) is 45.0 Å². The Hall–Kier alpha value is -2.85. The predicted molar refractivity (Wildman–Crippen MR) is 130 cm³/mol. The van der Waals surface area contributed by atoms with Gasteiger partial charge in [-0.1, -0.05) is 28.1 Å². The minimum atomic E-state index is -0.728. The van der Waals surface area contributed by atoms with Crippen LogP contribution in [-0.4, -0.2) is 41.3 Å². The SMILES string of the molecule is COc1cc(C=C2SC(=O)N(CC(=O)OC(C)(C)C)C2=O)c(Br)cc1OCc1cccc(F)c1. The molecule has 1 fully saturated rings. The van der Waals surface area contributed by atoms with Crippen LogP contribution >= 0.6 is 27.7 Å². The molecule has 0 saturated carbocycles. The molecule has 34 heavy (non-hydrogen) atoms. The molecule has 0 aliphatic carbocycles. The van der Waals surface area contributed by atoms with E-state index in [1.807, 2.05) is 0 Å². The maximum atomic E-state index is 13.4. The molecule has 0 unspecified atom stereocenters. The van der Waals surface area contributed by atoms with Crippen molar-refractivity contribution in [3.63, 3.8) is 0 Å². The van der Waals surface area contributed by atoms with E-state index in [4.69, 9.17) is 14.2 Å². The molecule has 0 N–H and O–H groups in total. The van der Waals surface area contributed by atoms with E-state index in [1.165, 1.54) is 25.3 Å². The summed E-state index contributed by atoms with van der Waals surface area (Å²) in [6.07, 6.45) is 1.53. The topological polar surface area (TPSA) is 82.1 Å². The van der Waals surface area contributed by atoms with Crippen LogP contribution in [0.3, 0.4) is 0 Å². The van der Waals surface area contributed by atoms with E-state index in [9.17, 15) is 18.8 Å². The van der Waals surface area contributed by atoms with Crippen LogP contribution in [0.15, 0.2) is 45.8 Å². The average molecular weight is 552 g/mol. The molecule has 0 radical (unpaired) electrons.